The fraction of sp³-hybridized carbons (Fsp3) is 0.222. The summed E-state index contributed by atoms with van der Waals surface area (Å²) in [6, 6.07) is 0. The zero-order chi connectivity index (χ0) is 12.4. The van der Waals surface area contributed by atoms with E-state index in [4.69, 9.17) is 15.3 Å². The smallest absolute Gasteiger partial charge is 0.331 e. The summed E-state index contributed by atoms with van der Waals surface area (Å²) in [5.41, 5.74) is -0.303. The summed E-state index contributed by atoms with van der Waals surface area (Å²) >= 11 is 0. The predicted octanol–water partition coefficient (Wildman–Crippen LogP) is 0.749. The zero-order valence-electron chi connectivity index (χ0n) is 8.14. The first-order chi connectivity index (χ1) is 6.81. The van der Waals surface area contributed by atoms with Gasteiger partial charge in [0.05, 0.1) is 6.42 Å². The molecule has 0 saturated heterocycles. The van der Waals surface area contributed by atoms with Crippen LogP contribution in [0.15, 0.2) is 24.3 Å². The van der Waals surface area contributed by atoms with E-state index in [0.717, 1.165) is 6.08 Å². The maximum absolute atomic E-state index is 9.87. The molecule has 0 aliphatic rings. The number of carbonyl (C=O) groups is 3. The molecule has 0 spiro atoms. The number of aliphatic carboxylic acids is 3. The van der Waals surface area contributed by atoms with Crippen molar-refractivity contribution in [2.45, 2.75) is 13.3 Å². The molecule has 0 aromatic rings. The minimum Gasteiger partial charge on any atom is -0.481 e. The van der Waals surface area contributed by atoms with Gasteiger partial charge in [0.1, 0.15) is 0 Å². The van der Waals surface area contributed by atoms with E-state index < -0.39 is 24.3 Å². The molecule has 0 rings (SSSR count). The van der Waals surface area contributed by atoms with Crippen LogP contribution in [0.5, 0.6) is 0 Å². The van der Waals surface area contributed by atoms with Crippen molar-refractivity contribution in [2.24, 2.45) is 0 Å². The molecule has 0 bridgehead atoms. The standard InChI is InChI=1S/C5H6O4.C4H6O2/c1-3(5(8)9)2-4(6)7;1-2-3-4(5)6/h1-2H2,(H,6,7)(H,8,9);2-3H,1H3,(H,5,6)/b;3-2-. The molecule has 0 aliphatic carbocycles. The molecule has 0 unspecified atom stereocenters. The van der Waals surface area contributed by atoms with Gasteiger partial charge >= 0.3 is 17.9 Å². The van der Waals surface area contributed by atoms with E-state index in [1.54, 1.807) is 6.92 Å². The largest absolute Gasteiger partial charge is 0.481 e. The summed E-state index contributed by atoms with van der Waals surface area (Å²) in [5.74, 6) is -3.34. The third-order valence-electron chi connectivity index (χ3n) is 0.976. The average Bonchev–Trinajstić information content (AvgIpc) is 2.03. The summed E-state index contributed by atoms with van der Waals surface area (Å²) in [7, 11) is 0. The van der Waals surface area contributed by atoms with Crippen molar-refractivity contribution < 1.29 is 29.7 Å². The predicted molar refractivity (Wildman–Crippen MR) is 51.5 cm³/mol. The molecule has 0 aromatic heterocycles. The van der Waals surface area contributed by atoms with Gasteiger partial charge in [-0.2, -0.15) is 0 Å². The van der Waals surface area contributed by atoms with E-state index in [2.05, 4.69) is 6.58 Å². The minimum atomic E-state index is -1.27. The lowest BCUT2D eigenvalue weighted by Gasteiger charge is -1.91. The van der Waals surface area contributed by atoms with Crippen molar-refractivity contribution in [1.29, 1.82) is 0 Å². The lowest BCUT2D eigenvalue weighted by Crippen LogP contribution is -2.04. The number of hydrogen-bond acceptors (Lipinski definition) is 3. The topological polar surface area (TPSA) is 112 Å². The highest BCUT2D eigenvalue weighted by molar-refractivity contribution is 5.91. The van der Waals surface area contributed by atoms with E-state index in [-0.39, 0.29) is 5.57 Å². The van der Waals surface area contributed by atoms with Crippen LogP contribution in [0.1, 0.15) is 13.3 Å². The quantitative estimate of drug-likeness (QED) is 0.598. The van der Waals surface area contributed by atoms with Crippen LogP contribution in [0.3, 0.4) is 0 Å². The summed E-state index contributed by atoms with van der Waals surface area (Å²) in [6.45, 7) is 4.67. The molecule has 3 N–H and O–H groups in total. The molecule has 6 heteroatoms. The van der Waals surface area contributed by atoms with Gasteiger partial charge in [0.15, 0.2) is 0 Å². The summed E-state index contributed by atoms with van der Waals surface area (Å²) in [6.07, 6.45) is 2.05. The number of carboxylic acid groups (broad SMARTS) is 3. The van der Waals surface area contributed by atoms with Crippen molar-refractivity contribution in [3.8, 4) is 0 Å². The number of carboxylic acids is 3. The third-order valence-corrected chi connectivity index (χ3v) is 0.976. The number of rotatable bonds is 4. The molecule has 0 radical (unpaired) electrons. The highest BCUT2D eigenvalue weighted by atomic mass is 16.4. The summed E-state index contributed by atoms with van der Waals surface area (Å²) in [4.78, 5) is 29.2. The molecule has 0 heterocycles. The fourth-order valence-electron chi connectivity index (χ4n) is 0.401. The van der Waals surface area contributed by atoms with Gasteiger partial charge in [0, 0.05) is 11.6 Å². The van der Waals surface area contributed by atoms with Crippen LogP contribution < -0.4 is 0 Å². The Bertz CT molecular complexity index is 289. The van der Waals surface area contributed by atoms with E-state index >= 15 is 0 Å². The van der Waals surface area contributed by atoms with Crippen LogP contribution in [0.25, 0.3) is 0 Å². The number of hydrogen-bond donors (Lipinski definition) is 3. The van der Waals surface area contributed by atoms with Crippen molar-refractivity contribution in [2.75, 3.05) is 0 Å². The zero-order valence-corrected chi connectivity index (χ0v) is 8.14. The first-order valence-electron chi connectivity index (χ1n) is 3.79. The monoisotopic (exact) mass is 216 g/mol. The average molecular weight is 216 g/mol. The van der Waals surface area contributed by atoms with Crippen molar-refractivity contribution in [1.82, 2.24) is 0 Å². The highest BCUT2D eigenvalue weighted by Crippen LogP contribution is 1.95. The molecule has 0 aliphatic heterocycles. The Labute approximate surface area is 86.2 Å². The Morgan fingerprint density at radius 3 is 1.73 bits per heavy atom. The Hall–Kier alpha value is -2.11. The van der Waals surface area contributed by atoms with E-state index in [9.17, 15) is 14.4 Å². The summed E-state index contributed by atoms with van der Waals surface area (Å²) in [5, 5.41) is 23.9. The van der Waals surface area contributed by atoms with Gasteiger partial charge in [-0.15, -0.1) is 0 Å². The first-order valence-corrected chi connectivity index (χ1v) is 3.79. The van der Waals surface area contributed by atoms with Gasteiger partial charge in [0.25, 0.3) is 0 Å². The van der Waals surface area contributed by atoms with Crippen LogP contribution in [0.4, 0.5) is 0 Å². The van der Waals surface area contributed by atoms with Crippen LogP contribution in [-0.2, 0) is 14.4 Å². The van der Waals surface area contributed by atoms with Gasteiger partial charge in [-0.05, 0) is 6.92 Å². The molecule has 84 valence electrons. The SMILES string of the molecule is C/C=C\C(=O)O.C=C(CC(=O)O)C(=O)O. The van der Waals surface area contributed by atoms with E-state index in [1.807, 2.05) is 0 Å². The van der Waals surface area contributed by atoms with Crippen LogP contribution >= 0.6 is 0 Å². The second kappa shape index (κ2) is 8.49. The molecule has 0 atom stereocenters. The van der Waals surface area contributed by atoms with Crippen LogP contribution in [0, 0.1) is 0 Å². The van der Waals surface area contributed by atoms with Crippen molar-refractivity contribution in [3.63, 3.8) is 0 Å². The highest BCUT2D eigenvalue weighted by Gasteiger charge is 2.07. The Morgan fingerprint density at radius 2 is 1.67 bits per heavy atom. The Kier molecular flexibility index (Phi) is 8.69. The molecule has 0 amide bonds. The Balaban J connectivity index is 0. The fourth-order valence-corrected chi connectivity index (χ4v) is 0.401. The lowest BCUT2D eigenvalue weighted by molar-refractivity contribution is -0.139. The summed E-state index contributed by atoms with van der Waals surface area (Å²) < 4.78 is 0. The Morgan fingerprint density at radius 1 is 1.20 bits per heavy atom. The van der Waals surface area contributed by atoms with Gasteiger partial charge in [-0.1, -0.05) is 12.7 Å². The molecule has 6 nitrogen and oxygen atoms in total. The lowest BCUT2D eigenvalue weighted by atomic mass is 10.2. The van der Waals surface area contributed by atoms with Crippen LogP contribution in [0.2, 0.25) is 0 Å². The maximum Gasteiger partial charge on any atom is 0.331 e. The molecule has 0 fully saturated rings. The minimum absolute atomic E-state index is 0.303. The molecule has 0 aromatic carbocycles. The van der Waals surface area contributed by atoms with Gasteiger partial charge in [-0.25, -0.2) is 9.59 Å². The first kappa shape index (κ1) is 15.4. The second-order valence-electron chi connectivity index (χ2n) is 2.32. The maximum atomic E-state index is 9.87. The van der Waals surface area contributed by atoms with Crippen LogP contribution in [-0.4, -0.2) is 33.2 Å². The normalized spacial score (nSPS) is 8.87. The van der Waals surface area contributed by atoms with Crippen molar-refractivity contribution >= 4 is 17.9 Å². The van der Waals surface area contributed by atoms with E-state index in [1.165, 1.54) is 6.08 Å². The third kappa shape index (κ3) is 14.7. The van der Waals surface area contributed by atoms with Crippen molar-refractivity contribution in [3.05, 3.63) is 24.3 Å². The molecular formula is C9H12O6. The van der Waals surface area contributed by atoms with Gasteiger partial charge in [0.2, 0.25) is 0 Å². The second-order valence-corrected chi connectivity index (χ2v) is 2.32. The number of allylic oxidation sites excluding steroid dienone is 1. The molecule has 15 heavy (non-hydrogen) atoms. The van der Waals surface area contributed by atoms with E-state index in [0.29, 0.717) is 0 Å². The molecular weight excluding hydrogens is 204 g/mol. The van der Waals surface area contributed by atoms with Gasteiger partial charge < -0.3 is 15.3 Å². The molecule has 0 saturated carbocycles. The van der Waals surface area contributed by atoms with Gasteiger partial charge in [-0.3, -0.25) is 4.79 Å².